The first-order valence-corrected chi connectivity index (χ1v) is 9.70. The van der Waals surface area contributed by atoms with Crippen LogP contribution in [0.5, 0.6) is 0 Å². The van der Waals surface area contributed by atoms with Gasteiger partial charge in [0.05, 0.1) is 0 Å². The van der Waals surface area contributed by atoms with E-state index in [-0.39, 0.29) is 6.45 Å². The third-order valence-electron chi connectivity index (χ3n) is 0.219. The predicted octanol–water partition coefficient (Wildman–Crippen LogP) is -0.297. The monoisotopic (exact) mass is 163 g/mol. The van der Waals surface area contributed by atoms with Crippen LogP contribution in [0.1, 0.15) is 0 Å². The summed E-state index contributed by atoms with van der Waals surface area (Å²) in [7, 11) is 2.71. The largest absolute Gasteiger partial charge is 0.362 e. The third-order valence-corrected chi connectivity index (χ3v) is 16.6. The minimum atomic E-state index is 0.238. The SMILES string of the molecule is Br[Si-]1[Si][Si]1. The number of hydrogen-bond donors (Lipinski definition) is 0. The smallest absolute Gasteiger partial charge is 0.209 e. The molecule has 0 aliphatic carbocycles. The minimum absolute atomic E-state index is 0.238. The van der Waals surface area contributed by atoms with Crippen LogP contribution < -0.4 is 0 Å². The maximum absolute atomic E-state index is 3.51. The van der Waals surface area contributed by atoms with Crippen LogP contribution in [0.25, 0.3) is 0 Å². The molecule has 0 N–H and O–H groups in total. The molecule has 0 aromatic rings. The van der Waals surface area contributed by atoms with Crippen molar-refractivity contribution >= 4 is 38.9 Å². The van der Waals surface area contributed by atoms with Crippen LogP contribution in [-0.4, -0.2) is 23.6 Å². The summed E-state index contributed by atoms with van der Waals surface area (Å²) < 4.78 is 0. The second kappa shape index (κ2) is 1.08. The van der Waals surface area contributed by atoms with Gasteiger partial charge in [-0.15, -0.1) is 0 Å². The zero-order chi connectivity index (χ0) is 2.99. The Balaban J connectivity index is 2.17. The first kappa shape index (κ1) is 3.33. The highest BCUT2D eigenvalue weighted by molar-refractivity contribution is 9.29. The Morgan fingerprint density at radius 2 is 1.75 bits per heavy atom. The maximum atomic E-state index is 3.51. The third kappa shape index (κ3) is 0.833. The molecule has 20 valence electrons. The highest BCUT2D eigenvalue weighted by atomic mass is 79.9. The molecule has 1 fully saturated rings. The molecule has 1 saturated heterocycles. The molecule has 4 heavy (non-hydrogen) atoms. The lowest BCUT2D eigenvalue weighted by molar-refractivity contribution is 4.60. The second-order valence-electron chi connectivity index (χ2n) is 0.564. The molecule has 0 aromatic carbocycles. The van der Waals surface area contributed by atoms with E-state index in [4.69, 9.17) is 0 Å². The van der Waals surface area contributed by atoms with Crippen LogP contribution in [0.15, 0.2) is 0 Å². The summed E-state index contributed by atoms with van der Waals surface area (Å²) in [6.07, 6.45) is 0. The van der Waals surface area contributed by atoms with Crippen LogP contribution in [0, 0.1) is 0 Å². The van der Waals surface area contributed by atoms with Crippen molar-refractivity contribution in [3.63, 3.8) is 0 Å². The van der Waals surface area contributed by atoms with Crippen molar-refractivity contribution in [3.8, 4) is 0 Å². The molecule has 1 aliphatic heterocycles. The molecule has 0 bridgehead atoms. The fourth-order valence-electron chi connectivity index (χ4n) is 0.0236. The van der Waals surface area contributed by atoms with Crippen molar-refractivity contribution in [2.75, 3.05) is 0 Å². The lowest BCUT2D eigenvalue weighted by atomic mass is 27.1. The highest BCUT2D eigenvalue weighted by Gasteiger charge is 1.95. The van der Waals surface area contributed by atoms with E-state index in [0.717, 1.165) is 0 Å². The van der Waals surface area contributed by atoms with E-state index in [1.165, 1.54) is 17.1 Å². The van der Waals surface area contributed by atoms with Crippen molar-refractivity contribution in [2.45, 2.75) is 0 Å². The van der Waals surface area contributed by atoms with Crippen LogP contribution in [0.3, 0.4) is 0 Å². The van der Waals surface area contributed by atoms with Crippen LogP contribution in [-0.2, 0) is 0 Å². The van der Waals surface area contributed by atoms with Crippen molar-refractivity contribution in [3.05, 3.63) is 0 Å². The number of rotatable bonds is 0. The lowest BCUT2D eigenvalue weighted by Crippen LogP contribution is -1.66. The predicted molar refractivity (Wildman–Crippen MR) is 26.2 cm³/mol. The first-order chi connectivity index (χ1) is 1.89. The van der Waals surface area contributed by atoms with E-state index in [2.05, 4.69) is 15.3 Å². The molecule has 0 atom stereocenters. The van der Waals surface area contributed by atoms with Crippen molar-refractivity contribution in [1.29, 1.82) is 0 Å². The van der Waals surface area contributed by atoms with Gasteiger partial charge < -0.3 is 15.3 Å². The van der Waals surface area contributed by atoms with Crippen LogP contribution >= 0.6 is 15.3 Å². The summed E-state index contributed by atoms with van der Waals surface area (Å²) in [5.74, 6) is 0. The molecule has 0 saturated carbocycles. The summed E-state index contributed by atoms with van der Waals surface area (Å²) in [4.78, 5) is 0. The molecule has 0 spiro atoms. The summed E-state index contributed by atoms with van der Waals surface area (Å²) in [5.41, 5.74) is 0. The Bertz CT molecular complexity index is 22.5. The molecule has 0 amide bonds. The molecular weight excluding hydrogens is 164 g/mol. The van der Waals surface area contributed by atoms with E-state index in [9.17, 15) is 0 Å². The molecule has 4 heteroatoms. The minimum Gasteiger partial charge on any atom is -0.362 e. The Labute approximate surface area is 39.2 Å². The Kier molecular flexibility index (Phi) is 0.896. The molecule has 1 heterocycles. The zero-order valence-corrected chi connectivity index (χ0v) is 6.46. The van der Waals surface area contributed by atoms with Gasteiger partial charge in [-0.25, -0.2) is 23.6 Å². The Hall–Kier alpha value is 1.13. The summed E-state index contributed by atoms with van der Waals surface area (Å²) >= 11 is 3.51. The van der Waals surface area contributed by atoms with Gasteiger partial charge in [-0.05, 0) is 0 Å². The van der Waals surface area contributed by atoms with Gasteiger partial charge in [0, 0.05) is 0 Å². The molecule has 4 radical (unpaired) electrons. The van der Waals surface area contributed by atoms with Gasteiger partial charge in [0.1, 0.15) is 0 Å². The average molecular weight is 164 g/mol. The normalized spacial score (nSPS) is 26.2. The molecule has 1 aliphatic rings. The van der Waals surface area contributed by atoms with Crippen LogP contribution in [0.2, 0.25) is 0 Å². The van der Waals surface area contributed by atoms with Gasteiger partial charge >= 0.3 is 0 Å². The van der Waals surface area contributed by atoms with E-state index < -0.39 is 0 Å². The Morgan fingerprint density at radius 1 is 1.50 bits per heavy atom. The first-order valence-electron chi connectivity index (χ1n) is 0.939. The highest BCUT2D eigenvalue weighted by Crippen LogP contribution is 1.98. The standard InChI is InChI=1S/BrSi3/c1-4-2-3-4/q-1. The van der Waals surface area contributed by atoms with E-state index in [1.54, 1.807) is 0 Å². The number of halogens is 1. The van der Waals surface area contributed by atoms with Crippen LogP contribution in [0.4, 0.5) is 0 Å². The second-order valence-corrected chi connectivity index (χ2v) is 19.0. The van der Waals surface area contributed by atoms with Crippen molar-refractivity contribution in [2.24, 2.45) is 0 Å². The zero-order valence-electron chi connectivity index (χ0n) is 1.88. The molecule has 0 aromatic heterocycles. The van der Waals surface area contributed by atoms with Crippen molar-refractivity contribution in [1.82, 2.24) is 0 Å². The molecule has 0 nitrogen and oxygen atoms in total. The van der Waals surface area contributed by atoms with E-state index in [1.807, 2.05) is 0 Å². The van der Waals surface area contributed by atoms with Crippen molar-refractivity contribution < 1.29 is 0 Å². The van der Waals surface area contributed by atoms with Gasteiger partial charge in [-0.2, -0.15) is 0 Å². The summed E-state index contributed by atoms with van der Waals surface area (Å²) in [5, 5.41) is 0. The topological polar surface area (TPSA) is 0 Å². The summed E-state index contributed by atoms with van der Waals surface area (Å²) in [6.45, 7) is 0.238. The van der Waals surface area contributed by atoms with E-state index >= 15 is 0 Å². The molecular formula is BrSi3-. The maximum Gasteiger partial charge on any atom is -0.209 e. The molecule has 1 rings (SSSR count). The lowest BCUT2D eigenvalue weighted by Gasteiger charge is -1.73. The molecule has 0 unspecified atom stereocenters. The van der Waals surface area contributed by atoms with E-state index in [0.29, 0.717) is 0 Å². The van der Waals surface area contributed by atoms with Gasteiger partial charge in [0.15, 0.2) is 0 Å². The number of hydrogen-bond acceptors (Lipinski definition) is 0. The van der Waals surface area contributed by atoms with Gasteiger partial charge in [0.25, 0.3) is 0 Å². The van der Waals surface area contributed by atoms with Gasteiger partial charge in [-0.3, -0.25) is 0 Å². The fourth-order valence-corrected chi connectivity index (χ4v) is 9.94. The Morgan fingerprint density at radius 3 is 1.75 bits per heavy atom. The quantitative estimate of drug-likeness (QED) is 0.341. The summed E-state index contributed by atoms with van der Waals surface area (Å²) in [6, 6.07) is 0. The van der Waals surface area contributed by atoms with Gasteiger partial charge in [0.2, 0.25) is 0 Å². The average Bonchev–Trinajstić information content (AvgIpc) is 1.75. The van der Waals surface area contributed by atoms with Gasteiger partial charge in [-0.1, -0.05) is 0 Å². The fraction of sp³-hybridized carbons (Fsp3) is 0.